The van der Waals surface area contributed by atoms with Crippen LogP contribution in [-0.4, -0.2) is 51.1 Å². The molecular weight excluding hydrogens is 539 g/mol. The molecule has 2 aromatic carbocycles. The quantitative estimate of drug-likeness (QED) is 0.268. The standard InChI is InChI=1S/C24H28ClIN2O4/c1-24(2,18-5-8-23(22(26)11-18)32-14-19(29)12-25)17-3-6-21(7-4-17)31-15-20(30)13-28-10-9-27-16-28/h3-11,16,19-20,29-30H,12-15H2,1-2H3/i26-4. The van der Waals surface area contributed by atoms with E-state index >= 15 is 0 Å². The van der Waals surface area contributed by atoms with Crippen LogP contribution in [0.5, 0.6) is 11.5 Å². The second kappa shape index (κ2) is 11.4. The number of imidazole rings is 1. The number of ether oxygens (including phenoxy) is 2. The molecule has 2 atom stereocenters. The number of alkyl halides is 1. The predicted molar refractivity (Wildman–Crippen MR) is 134 cm³/mol. The third-order valence-electron chi connectivity index (χ3n) is 5.26. The van der Waals surface area contributed by atoms with E-state index < -0.39 is 12.2 Å². The summed E-state index contributed by atoms with van der Waals surface area (Å²) in [6, 6.07) is 14.0. The van der Waals surface area contributed by atoms with Gasteiger partial charge < -0.3 is 24.3 Å². The molecule has 3 rings (SSSR count). The Morgan fingerprint density at radius 3 is 2.34 bits per heavy atom. The third-order valence-corrected chi connectivity index (χ3v) is 6.46. The van der Waals surface area contributed by atoms with Crippen molar-refractivity contribution in [3.05, 3.63) is 75.9 Å². The van der Waals surface area contributed by atoms with Crippen LogP contribution in [0.25, 0.3) is 0 Å². The SMILES string of the molecule is CC(C)(c1ccc(OCC(O)Cn2ccnc2)cc1)c1ccc(OCC(O)CCl)c([123I])c1. The molecule has 1 aromatic heterocycles. The number of hydrogen-bond donors (Lipinski definition) is 2. The molecule has 2 N–H and O–H groups in total. The van der Waals surface area contributed by atoms with Crippen LogP contribution in [0.1, 0.15) is 25.0 Å². The van der Waals surface area contributed by atoms with E-state index in [2.05, 4.69) is 47.5 Å². The van der Waals surface area contributed by atoms with Gasteiger partial charge in [-0.3, -0.25) is 0 Å². The molecule has 0 radical (unpaired) electrons. The lowest BCUT2D eigenvalue weighted by atomic mass is 9.78. The van der Waals surface area contributed by atoms with Crippen LogP contribution in [0.3, 0.4) is 0 Å². The minimum atomic E-state index is -0.684. The molecule has 0 saturated carbocycles. The molecule has 0 fully saturated rings. The summed E-state index contributed by atoms with van der Waals surface area (Å²) in [5.74, 6) is 1.59. The van der Waals surface area contributed by atoms with E-state index in [4.69, 9.17) is 21.1 Å². The van der Waals surface area contributed by atoms with Gasteiger partial charge >= 0.3 is 0 Å². The monoisotopic (exact) mass is 566 g/mol. The largest absolute Gasteiger partial charge is 0.491 e. The lowest BCUT2D eigenvalue weighted by Crippen LogP contribution is -2.23. The summed E-state index contributed by atoms with van der Waals surface area (Å²) in [6.45, 7) is 5.15. The first-order chi connectivity index (χ1) is 15.3. The van der Waals surface area contributed by atoms with Crippen molar-refractivity contribution in [2.24, 2.45) is 0 Å². The molecular formula is C24H28ClIN2O4. The van der Waals surface area contributed by atoms with Crippen molar-refractivity contribution in [1.82, 2.24) is 9.55 Å². The molecule has 2 unspecified atom stereocenters. The molecule has 172 valence electrons. The Hall–Kier alpha value is -1.81. The molecule has 0 aliphatic rings. The zero-order valence-corrected chi connectivity index (χ0v) is 21.0. The highest BCUT2D eigenvalue weighted by atomic mass is 123. The normalized spacial score (nSPS) is 13.6. The first-order valence-corrected chi connectivity index (χ1v) is 11.9. The molecule has 8 heteroatoms. The van der Waals surface area contributed by atoms with E-state index in [0.717, 1.165) is 20.4 Å². The van der Waals surface area contributed by atoms with Crippen LogP contribution < -0.4 is 9.47 Å². The highest BCUT2D eigenvalue weighted by Gasteiger charge is 2.24. The predicted octanol–water partition coefficient (Wildman–Crippen LogP) is 4.23. The highest BCUT2D eigenvalue weighted by molar-refractivity contribution is 14.1. The second-order valence-electron chi connectivity index (χ2n) is 8.14. The summed E-state index contributed by atoms with van der Waals surface area (Å²) < 4.78 is 14.2. The summed E-state index contributed by atoms with van der Waals surface area (Å²) in [6.07, 6.45) is 3.86. The van der Waals surface area contributed by atoms with Crippen molar-refractivity contribution >= 4 is 34.2 Å². The van der Waals surface area contributed by atoms with Crippen molar-refractivity contribution in [2.45, 2.75) is 38.0 Å². The average Bonchev–Trinajstić information content (AvgIpc) is 3.29. The van der Waals surface area contributed by atoms with Gasteiger partial charge in [-0.1, -0.05) is 32.0 Å². The Morgan fingerprint density at radius 2 is 1.72 bits per heavy atom. The Kier molecular flexibility index (Phi) is 8.81. The highest BCUT2D eigenvalue weighted by Crippen LogP contribution is 2.35. The number of halogens is 2. The molecule has 1 heterocycles. The summed E-state index contributed by atoms with van der Waals surface area (Å²) in [7, 11) is 0. The van der Waals surface area contributed by atoms with Crippen LogP contribution in [0.15, 0.2) is 61.2 Å². The fraction of sp³-hybridized carbons (Fsp3) is 0.375. The fourth-order valence-electron chi connectivity index (χ4n) is 3.25. The Bertz CT molecular complexity index is 980. The second-order valence-corrected chi connectivity index (χ2v) is 9.61. The number of aliphatic hydroxyl groups excluding tert-OH is 2. The Labute approximate surface area is 207 Å². The summed E-state index contributed by atoms with van der Waals surface area (Å²) >= 11 is 7.87. The molecule has 0 bridgehead atoms. The number of rotatable bonds is 11. The van der Waals surface area contributed by atoms with E-state index in [1.165, 1.54) is 0 Å². The summed E-state index contributed by atoms with van der Waals surface area (Å²) in [4.78, 5) is 3.97. The Morgan fingerprint density at radius 1 is 1.03 bits per heavy atom. The summed E-state index contributed by atoms with van der Waals surface area (Å²) in [5.41, 5.74) is 2.07. The molecule has 32 heavy (non-hydrogen) atoms. The molecule has 0 amide bonds. The number of nitrogens with zero attached hydrogens (tertiary/aromatic N) is 2. The first kappa shape index (κ1) is 24.8. The van der Waals surface area contributed by atoms with Crippen molar-refractivity contribution < 1.29 is 19.7 Å². The van der Waals surface area contributed by atoms with Gasteiger partial charge in [-0.2, -0.15) is 0 Å². The zero-order valence-electron chi connectivity index (χ0n) is 18.1. The van der Waals surface area contributed by atoms with Gasteiger partial charge in [-0.05, 0) is 58.0 Å². The maximum atomic E-state index is 10.1. The van der Waals surface area contributed by atoms with Crippen LogP contribution >= 0.6 is 34.2 Å². The van der Waals surface area contributed by atoms with Gasteiger partial charge in [0.25, 0.3) is 0 Å². The maximum absolute atomic E-state index is 10.1. The van der Waals surface area contributed by atoms with Gasteiger partial charge in [0.2, 0.25) is 0 Å². The van der Waals surface area contributed by atoms with E-state index in [0.29, 0.717) is 12.3 Å². The molecule has 3 aromatic rings. The van der Waals surface area contributed by atoms with Gasteiger partial charge in [0.15, 0.2) is 0 Å². The molecule has 0 saturated heterocycles. The van der Waals surface area contributed by atoms with Gasteiger partial charge in [-0.15, -0.1) is 11.6 Å². The van der Waals surface area contributed by atoms with Crippen molar-refractivity contribution in [1.29, 1.82) is 0 Å². The van der Waals surface area contributed by atoms with Crippen molar-refractivity contribution in [2.75, 3.05) is 19.1 Å². The third kappa shape index (κ3) is 6.60. The van der Waals surface area contributed by atoms with E-state index in [9.17, 15) is 10.2 Å². The van der Waals surface area contributed by atoms with Crippen LogP contribution in [0.2, 0.25) is 0 Å². The first-order valence-electron chi connectivity index (χ1n) is 10.3. The smallest absolute Gasteiger partial charge is 0.132 e. The number of aromatic nitrogens is 2. The molecule has 0 spiro atoms. The van der Waals surface area contributed by atoms with E-state index in [1.54, 1.807) is 12.5 Å². The maximum Gasteiger partial charge on any atom is 0.132 e. The van der Waals surface area contributed by atoms with Crippen LogP contribution in [-0.2, 0) is 12.0 Å². The van der Waals surface area contributed by atoms with Gasteiger partial charge in [-0.25, -0.2) is 4.98 Å². The molecule has 6 nitrogen and oxygen atoms in total. The zero-order chi connectivity index (χ0) is 23.1. The van der Waals surface area contributed by atoms with Crippen molar-refractivity contribution in [3.8, 4) is 11.5 Å². The summed E-state index contributed by atoms with van der Waals surface area (Å²) in [5, 5.41) is 19.7. The average molecular weight is 567 g/mol. The fourth-order valence-corrected chi connectivity index (χ4v) is 4.01. The number of benzene rings is 2. The minimum Gasteiger partial charge on any atom is -0.491 e. The van der Waals surface area contributed by atoms with Crippen LogP contribution in [0.4, 0.5) is 0 Å². The van der Waals surface area contributed by atoms with Crippen molar-refractivity contribution in [3.63, 3.8) is 0 Å². The Balaban J connectivity index is 1.62. The van der Waals surface area contributed by atoms with Gasteiger partial charge in [0.1, 0.15) is 36.9 Å². The lowest BCUT2D eigenvalue weighted by molar-refractivity contribution is 0.0924. The molecule has 0 aliphatic carbocycles. The number of aliphatic hydroxyl groups is 2. The van der Waals surface area contributed by atoms with Gasteiger partial charge in [0.05, 0.1) is 22.3 Å². The molecule has 0 aliphatic heterocycles. The van der Waals surface area contributed by atoms with E-state index in [1.807, 2.05) is 47.2 Å². The van der Waals surface area contributed by atoms with Gasteiger partial charge in [0, 0.05) is 17.8 Å². The topological polar surface area (TPSA) is 76.7 Å². The number of hydrogen-bond acceptors (Lipinski definition) is 5. The minimum absolute atomic E-state index is 0.144. The lowest BCUT2D eigenvalue weighted by Gasteiger charge is -2.27. The van der Waals surface area contributed by atoms with Crippen LogP contribution in [0, 0.1) is 3.57 Å². The van der Waals surface area contributed by atoms with E-state index in [-0.39, 0.29) is 24.5 Å².